The first-order valence-electron chi connectivity index (χ1n) is 5.76. The van der Waals surface area contributed by atoms with E-state index in [2.05, 4.69) is 24.0 Å². The van der Waals surface area contributed by atoms with Gasteiger partial charge in [0.1, 0.15) is 12.4 Å². The molecule has 2 nitrogen and oxygen atoms in total. The number of aryl methyl sites for hydroxylation is 1. The third-order valence-electron chi connectivity index (χ3n) is 2.90. The van der Waals surface area contributed by atoms with Gasteiger partial charge in [-0.1, -0.05) is 17.7 Å². The molecule has 2 heteroatoms. The van der Waals surface area contributed by atoms with Gasteiger partial charge in [0.2, 0.25) is 0 Å². The van der Waals surface area contributed by atoms with E-state index < -0.39 is 0 Å². The maximum atomic E-state index is 5.68. The molecule has 15 heavy (non-hydrogen) atoms. The lowest BCUT2D eigenvalue weighted by atomic mass is 10.2. The second-order valence-electron chi connectivity index (χ2n) is 4.21. The normalized spacial score (nSPS) is 16.9. The van der Waals surface area contributed by atoms with Crippen molar-refractivity contribution in [3.8, 4) is 5.75 Å². The lowest BCUT2D eigenvalue weighted by molar-refractivity contribution is 0.238. The Bertz CT molecular complexity index is 288. The van der Waals surface area contributed by atoms with Crippen LogP contribution in [0.5, 0.6) is 5.75 Å². The minimum absolute atomic E-state index is 0.809. The Morgan fingerprint density at radius 1 is 1.13 bits per heavy atom. The number of benzene rings is 1. The summed E-state index contributed by atoms with van der Waals surface area (Å²) >= 11 is 0. The molecule has 82 valence electrons. The summed E-state index contributed by atoms with van der Waals surface area (Å²) < 4.78 is 5.68. The summed E-state index contributed by atoms with van der Waals surface area (Å²) in [4.78, 5) is 2.47. The summed E-state index contributed by atoms with van der Waals surface area (Å²) in [6.45, 7) is 6.46. The van der Waals surface area contributed by atoms with E-state index in [9.17, 15) is 0 Å². The Hall–Kier alpha value is -1.02. The number of ether oxygens (including phenoxy) is 1. The van der Waals surface area contributed by atoms with Crippen molar-refractivity contribution < 1.29 is 4.74 Å². The van der Waals surface area contributed by atoms with E-state index in [1.807, 2.05) is 12.1 Å². The molecule has 0 atom stereocenters. The predicted octanol–water partition coefficient (Wildman–Crippen LogP) is 2.47. The van der Waals surface area contributed by atoms with Gasteiger partial charge in [-0.25, -0.2) is 0 Å². The van der Waals surface area contributed by atoms with Crippen LogP contribution in [0.1, 0.15) is 18.4 Å². The van der Waals surface area contributed by atoms with Gasteiger partial charge in [-0.05, 0) is 45.0 Å². The van der Waals surface area contributed by atoms with Gasteiger partial charge in [0.25, 0.3) is 0 Å². The Balaban J connectivity index is 1.71. The van der Waals surface area contributed by atoms with Crippen molar-refractivity contribution in [3.05, 3.63) is 29.8 Å². The van der Waals surface area contributed by atoms with Crippen LogP contribution in [0.15, 0.2) is 24.3 Å². The van der Waals surface area contributed by atoms with Crippen molar-refractivity contribution >= 4 is 0 Å². The zero-order chi connectivity index (χ0) is 10.5. The summed E-state index contributed by atoms with van der Waals surface area (Å²) in [6, 6.07) is 8.26. The summed E-state index contributed by atoms with van der Waals surface area (Å²) in [5.41, 5.74) is 1.28. The predicted molar refractivity (Wildman–Crippen MR) is 62.3 cm³/mol. The molecule has 1 aliphatic rings. The summed E-state index contributed by atoms with van der Waals surface area (Å²) in [7, 11) is 0. The van der Waals surface area contributed by atoms with Gasteiger partial charge in [0, 0.05) is 6.54 Å². The van der Waals surface area contributed by atoms with Crippen molar-refractivity contribution in [1.82, 2.24) is 4.90 Å². The average Bonchev–Trinajstić information content (AvgIpc) is 2.74. The number of nitrogens with zero attached hydrogens (tertiary/aromatic N) is 1. The van der Waals surface area contributed by atoms with Crippen LogP contribution in [0.4, 0.5) is 0 Å². The van der Waals surface area contributed by atoms with E-state index in [-0.39, 0.29) is 0 Å². The van der Waals surface area contributed by atoms with Gasteiger partial charge in [0.05, 0.1) is 0 Å². The third kappa shape index (κ3) is 3.24. The first-order chi connectivity index (χ1) is 7.34. The molecule has 1 aliphatic heterocycles. The van der Waals surface area contributed by atoms with E-state index in [4.69, 9.17) is 4.74 Å². The molecule has 1 fully saturated rings. The highest BCUT2D eigenvalue weighted by atomic mass is 16.5. The molecule has 1 aromatic carbocycles. The van der Waals surface area contributed by atoms with Crippen LogP contribution < -0.4 is 4.74 Å². The number of hydrogen-bond donors (Lipinski definition) is 0. The molecule has 0 spiro atoms. The molecule has 0 aliphatic carbocycles. The maximum absolute atomic E-state index is 5.68. The molecule has 0 amide bonds. The van der Waals surface area contributed by atoms with Crippen molar-refractivity contribution in [2.75, 3.05) is 26.2 Å². The molecule has 0 aromatic heterocycles. The average molecular weight is 205 g/mol. The molecule has 0 bridgehead atoms. The highest BCUT2D eigenvalue weighted by molar-refractivity contribution is 5.26. The monoisotopic (exact) mass is 205 g/mol. The third-order valence-corrected chi connectivity index (χ3v) is 2.90. The topological polar surface area (TPSA) is 12.5 Å². The van der Waals surface area contributed by atoms with Crippen LogP contribution in [-0.4, -0.2) is 31.1 Å². The Labute approximate surface area is 91.9 Å². The van der Waals surface area contributed by atoms with Gasteiger partial charge in [-0.3, -0.25) is 4.90 Å². The minimum atomic E-state index is 0.809. The SMILES string of the molecule is Cc1ccc(OCCN2CCCC2)cc1. The molecule has 0 N–H and O–H groups in total. The summed E-state index contributed by atoms with van der Waals surface area (Å²) in [6.07, 6.45) is 2.70. The maximum Gasteiger partial charge on any atom is 0.119 e. The first-order valence-corrected chi connectivity index (χ1v) is 5.76. The second-order valence-corrected chi connectivity index (χ2v) is 4.21. The molecule has 1 aromatic rings. The fourth-order valence-electron chi connectivity index (χ4n) is 1.93. The van der Waals surface area contributed by atoms with Crippen LogP contribution >= 0.6 is 0 Å². The van der Waals surface area contributed by atoms with Crippen LogP contribution in [0, 0.1) is 6.92 Å². The fraction of sp³-hybridized carbons (Fsp3) is 0.538. The van der Waals surface area contributed by atoms with Crippen molar-refractivity contribution in [3.63, 3.8) is 0 Å². The zero-order valence-electron chi connectivity index (χ0n) is 9.41. The fourth-order valence-corrected chi connectivity index (χ4v) is 1.93. The Kier molecular flexibility index (Phi) is 3.62. The van der Waals surface area contributed by atoms with Gasteiger partial charge in [0.15, 0.2) is 0 Å². The van der Waals surface area contributed by atoms with Gasteiger partial charge in [-0.15, -0.1) is 0 Å². The van der Waals surface area contributed by atoms with Crippen molar-refractivity contribution in [1.29, 1.82) is 0 Å². The van der Waals surface area contributed by atoms with Crippen molar-refractivity contribution in [2.45, 2.75) is 19.8 Å². The molecular formula is C13H19NO. The summed E-state index contributed by atoms with van der Waals surface area (Å²) in [5.74, 6) is 0.986. The standard InChI is InChI=1S/C13H19NO/c1-12-4-6-13(7-5-12)15-11-10-14-8-2-3-9-14/h4-7H,2-3,8-11H2,1H3. The zero-order valence-corrected chi connectivity index (χ0v) is 9.41. The second kappa shape index (κ2) is 5.17. The molecule has 0 unspecified atom stereocenters. The Morgan fingerprint density at radius 3 is 2.47 bits per heavy atom. The van der Waals surface area contributed by atoms with E-state index in [1.165, 1.54) is 31.5 Å². The molecule has 2 rings (SSSR count). The van der Waals surface area contributed by atoms with Crippen LogP contribution in [0.3, 0.4) is 0 Å². The van der Waals surface area contributed by atoms with E-state index in [0.29, 0.717) is 0 Å². The lowest BCUT2D eigenvalue weighted by Gasteiger charge is -2.14. The summed E-state index contributed by atoms with van der Waals surface area (Å²) in [5, 5.41) is 0. The number of hydrogen-bond acceptors (Lipinski definition) is 2. The molecule has 1 heterocycles. The van der Waals surface area contributed by atoms with E-state index >= 15 is 0 Å². The quantitative estimate of drug-likeness (QED) is 0.748. The van der Waals surface area contributed by atoms with E-state index in [1.54, 1.807) is 0 Å². The lowest BCUT2D eigenvalue weighted by Crippen LogP contribution is -2.25. The minimum Gasteiger partial charge on any atom is -0.492 e. The van der Waals surface area contributed by atoms with E-state index in [0.717, 1.165) is 18.9 Å². The molecule has 0 saturated carbocycles. The molecular weight excluding hydrogens is 186 g/mol. The smallest absolute Gasteiger partial charge is 0.119 e. The van der Waals surface area contributed by atoms with Crippen LogP contribution in [-0.2, 0) is 0 Å². The highest BCUT2D eigenvalue weighted by Gasteiger charge is 2.10. The van der Waals surface area contributed by atoms with Crippen molar-refractivity contribution in [2.24, 2.45) is 0 Å². The number of likely N-dealkylation sites (tertiary alicyclic amines) is 1. The van der Waals surface area contributed by atoms with Gasteiger partial charge < -0.3 is 4.74 Å². The first kappa shape index (κ1) is 10.5. The molecule has 0 radical (unpaired) electrons. The largest absolute Gasteiger partial charge is 0.492 e. The van der Waals surface area contributed by atoms with Gasteiger partial charge >= 0.3 is 0 Å². The van der Waals surface area contributed by atoms with Gasteiger partial charge in [-0.2, -0.15) is 0 Å². The highest BCUT2D eigenvalue weighted by Crippen LogP contribution is 2.12. The Morgan fingerprint density at radius 2 is 1.80 bits per heavy atom. The van der Waals surface area contributed by atoms with Crippen LogP contribution in [0.25, 0.3) is 0 Å². The number of rotatable bonds is 4. The molecule has 1 saturated heterocycles. The van der Waals surface area contributed by atoms with Crippen LogP contribution in [0.2, 0.25) is 0 Å².